The van der Waals surface area contributed by atoms with Gasteiger partial charge >= 0.3 is 0 Å². The molecule has 8 heteroatoms. The van der Waals surface area contributed by atoms with Crippen molar-refractivity contribution in [3.8, 4) is 16.9 Å². The summed E-state index contributed by atoms with van der Waals surface area (Å²) in [5, 5.41) is 10.8. The number of halogens is 1. The Morgan fingerprint density at radius 3 is 2.25 bits per heavy atom. The molecule has 2 aromatic heterocycles. The smallest absolute Gasteiger partial charge is 0.256 e. The highest BCUT2D eigenvalue weighted by atomic mass is 19.1. The van der Waals surface area contributed by atoms with Crippen molar-refractivity contribution in [3.63, 3.8) is 0 Å². The number of carbonyl (C=O) groups is 2. The van der Waals surface area contributed by atoms with Gasteiger partial charge in [-0.1, -0.05) is 18.2 Å². The summed E-state index contributed by atoms with van der Waals surface area (Å²) in [6, 6.07) is 22.2. The van der Waals surface area contributed by atoms with Gasteiger partial charge in [-0.25, -0.2) is 14.1 Å². The molecule has 0 aliphatic rings. The largest absolute Gasteiger partial charge is 0.326 e. The summed E-state index contributed by atoms with van der Waals surface area (Å²) >= 11 is 0. The van der Waals surface area contributed by atoms with Crippen molar-refractivity contribution in [3.05, 3.63) is 102 Å². The second kappa shape index (κ2) is 9.42. The molecule has 36 heavy (non-hydrogen) atoms. The molecule has 0 bridgehead atoms. The lowest BCUT2D eigenvalue weighted by Gasteiger charge is -2.11. The molecule has 0 atom stereocenters. The predicted octanol–water partition coefficient (Wildman–Crippen LogP) is 5.75. The number of para-hydroxylation sites is 1. The van der Waals surface area contributed by atoms with E-state index in [4.69, 9.17) is 4.98 Å². The molecule has 3 aromatic carbocycles. The third-order valence-corrected chi connectivity index (χ3v) is 5.78. The van der Waals surface area contributed by atoms with E-state index in [0.717, 1.165) is 22.3 Å². The third-order valence-electron chi connectivity index (χ3n) is 5.78. The van der Waals surface area contributed by atoms with Crippen LogP contribution in [0.25, 0.3) is 27.8 Å². The monoisotopic (exact) mass is 479 g/mol. The van der Waals surface area contributed by atoms with Crippen LogP contribution in [0.1, 0.15) is 23.0 Å². The van der Waals surface area contributed by atoms with Crippen LogP contribution in [0.2, 0.25) is 0 Å². The lowest BCUT2D eigenvalue weighted by atomic mass is 10.0. The van der Waals surface area contributed by atoms with E-state index in [0.29, 0.717) is 28.1 Å². The Labute approximate surface area is 206 Å². The first-order valence-corrected chi connectivity index (χ1v) is 11.3. The molecule has 2 amide bonds. The molecule has 0 radical (unpaired) electrons. The minimum Gasteiger partial charge on any atom is -0.326 e. The second-order valence-electron chi connectivity index (χ2n) is 8.32. The van der Waals surface area contributed by atoms with Crippen LogP contribution in [0.15, 0.2) is 85.1 Å². The summed E-state index contributed by atoms with van der Waals surface area (Å²) in [7, 11) is 0. The van der Waals surface area contributed by atoms with Gasteiger partial charge in [0.05, 0.1) is 34.4 Å². The summed E-state index contributed by atoms with van der Waals surface area (Å²) < 4.78 is 15.1. The van der Waals surface area contributed by atoms with Gasteiger partial charge in [-0.3, -0.25) is 9.59 Å². The molecule has 2 heterocycles. The Morgan fingerprint density at radius 1 is 0.889 bits per heavy atom. The van der Waals surface area contributed by atoms with Crippen LogP contribution < -0.4 is 10.6 Å². The summed E-state index contributed by atoms with van der Waals surface area (Å²) in [6.07, 6.45) is 1.69. The molecule has 5 aromatic rings. The van der Waals surface area contributed by atoms with E-state index in [1.54, 1.807) is 53.3 Å². The molecular formula is C28H22FN5O2. The normalized spacial score (nSPS) is 10.9. The highest BCUT2D eigenvalue weighted by Gasteiger charge is 2.17. The minimum atomic E-state index is -0.319. The van der Waals surface area contributed by atoms with E-state index in [-0.39, 0.29) is 17.6 Å². The van der Waals surface area contributed by atoms with Gasteiger partial charge in [0.1, 0.15) is 5.82 Å². The van der Waals surface area contributed by atoms with Crippen LogP contribution in [0.4, 0.5) is 15.8 Å². The number of hydrogen-bond acceptors (Lipinski definition) is 4. The number of fused-ring (bicyclic) bond motifs is 1. The van der Waals surface area contributed by atoms with E-state index in [2.05, 4.69) is 15.7 Å². The van der Waals surface area contributed by atoms with E-state index < -0.39 is 0 Å². The molecule has 5 rings (SSSR count). The van der Waals surface area contributed by atoms with E-state index in [1.807, 2.05) is 31.2 Å². The maximum atomic E-state index is 13.4. The van der Waals surface area contributed by atoms with Gasteiger partial charge in [0.15, 0.2) is 0 Å². The Bertz CT molecular complexity index is 1590. The van der Waals surface area contributed by atoms with Crippen LogP contribution in [0.3, 0.4) is 0 Å². The Morgan fingerprint density at radius 2 is 1.56 bits per heavy atom. The third kappa shape index (κ3) is 4.56. The van der Waals surface area contributed by atoms with Gasteiger partial charge < -0.3 is 10.6 Å². The van der Waals surface area contributed by atoms with Crippen LogP contribution >= 0.6 is 0 Å². The molecule has 0 fully saturated rings. The number of carbonyl (C=O) groups excluding carboxylic acids is 2. The molecule has 178 valence electrons. The number of hydrogen-bond donors (Lipinski definition) is 2. The van der Waals surface area contributed by atoms with E-state index >= 15 is 0 Å². The average Bonchev–Trinajstić information content (AvgIpc) is 3.26. The fraction of sp³-hybridized carbons (Fsp3) is 0.0714. The van der Waals surface area contributed by atoms with Crippen LogP contribution in [0, 0.1) is 12.7 Å². The van der Waals surface area contributed by atoms with Gasteiger partial charge in [-0.05, 0) is 67.6 Å². The maximum absolute atomic E-state index is 13.4. The second-order valence-corrected chi connectivity index (χ2v) is 8.32. The van der Waals surface area contributed by atoms with Crippen LogP contribution in [-0.2, 0) is 4.79 Å². The van der Waals surface area contributed by atoms with E-state index in [9.17, 15) is 14.0 Å². The molecule has 0 saturated carbocycles. The predicted molar refractivity (Wildman–Crippen MR) is 138 cm³/mol. The van der Waals surface area contributed by atoms with Gasteiger partial charge in [-0.2, -0.15) is 5.10 Å². The molecule has 0 aliphatic heterocycles. The minimum absolute atomic E-state index is 0.166. The SMILES string of the molecule is CC(=O)Nc1ccc(NC(=O)c2cc(-c3cnn(-c4ccc(F)cc4)c3C)nc3ccccc23)cc1. The summed E-state index contributed by atoms with van der Waals surface area (Å²) in [5.41, 5.74) is 5.28. The molecular weight excluding hydrogens is 457 g/mol. The van der Waals surface area contributed by atoms with Crippen LogP contribution in [-0.4, -0.2) is 26.6 Å². The van der Waals surface area contributed by atoms with Crippen LogP contribution in [0.5, 0.6) is 0 Å². The number of pyridine rings is 1. The lowest BCUT2D eigenvalue weighted by Crippen LogP contribution is -2.13. The molecule has 0 aliphatic carbocycles. The first kappa shape index (κ1) is 22.9. The number of anilines is 2. The van der Waals surface area contributed by atoms with Crippen molar-refractivity contribution in [2.24, 2.45) is 0 Å². The zero-order valence-electron chi connectivity index (χ0n) is 19.6. The van der Waals surface area contributed by atoms with Crippen molar-refractivity contribution < 1.29 is 14.0 Å². The summed E-state index contributed by atoms with van der Waals surface area (Å²) in [4.78, 5) is 29.4. The Hall–Kier alpha value is -4.85. The topological polar surface area (TPSA) is 88.9 Å². The summed E-state index contributed by atoms with van der Waals surface area (Å²) in [6.45, 7) is 3.34. The quantitative estimate of drug-likeness (QED) is 0.336. The van der Waals surface area contributed by atoms with Gasteiger partial charge in [0.25, 0.3) is 5.91 Å². The zero-order chi connectivity index (χ0) is 25.2. The Kier molecular flexibility index (Phi) is 6.00. The molecule has 7 nitrogen and oxygen atoms in total. The highest BCUT2D eigenvalue weighted by molar-refractivity contribution is 6.13. The molecule has 2 N–H and O–H groups in total. The number of aromatic nitrogens is 3. The molecule has 0 unspecified atom stereocenters. The zero-order valence-corrected chi connectivity index (χ0v) is 19.6. The number of nitrogens with zero attached hydrogens (tertiary/aromatic N) is 3. The number of amides is 2. The first-order chi connectivity index (χ1) is 17.4. The number of nitrogens with one attached hydrogen (secondary N) is 2. The number of rotatable bonds is 5. The van der Waals surface area contributed by atoms with E-state index in [1.165, 1.54) is 19.1 Å². The van der Waals surface area contributed by atoms with Crippen molar-refractivity contribution in [1.82, 2.24) is 14.8 Å². The summed E-state index contributed by atoms with van der Waals surface area (Å²) in [5.74, 6) is -0.772. The lowest BCUT2D eigenvalue weighted by molar-refractivity contribution is -0.114. The average molecular weight is 480 g/mol. The first-order valence-electron chi connectivity index (χ1n) is 11.3. The Balaban J connectivity index is 1.51. The molecule has 0 saturated heterocycles. The van der Waals surface area contributed by atoms with Gasteiger partial charge in [-0.15, -0.1) is 0 Å². The number of benzene rings is 3. The standard InChI is InChI=1S/C28H22FN5O2/c1-17-25(16-30-34(17)22-13-7-19(29)8-14-22)27-15-24(23-5-3-4-6-26(23)33-27)28(36)32-21-11-9-20(10-12-21)31-18(2)35/h3-16H,1-2H3,(H,31,35)(H,32,36). The van der Waals surface area contributed by atoms with Crippen molar-refractivity contribution in [1.29, 1.82) is 0 Å². The maximum Gasteiger partial charge on any atom is 0.256 e. The van der Waals surface area contributed by atoms with Crippen molar-refractivity contribution >= 4 is 34.1 Å². The van der Waals surface area contributed by atoms with Gasteiger partial charge in [0, 0.05) is 29.2 Å². The van der Waals surface area contributed by atoms with Crippen molar-refractivity contribution in [2.45, 2.75) is 13.8 Å². The van der Waals surface area contributed by atoms with Gasteiger partial charge in [0.2, 0.25) is 5.91 Å². The fourth-order valence-electron chi connectivity index (χ4n) is 4.04. The fourth-order valence-corrected chi connectivity index (χ4v) is 4.04. The van der Waals surface area contributed by atoms with Crippen molar-refractivity contribution in [2.75, 3.05) is 10.6 Å². The molecule has 0 spiro atoms. The highest BCUT2D eigenvalue weighted by Crippen LogP contribution is 2.29.